The maximum Gasteiger partial charge on any atom is 0.131 e. The summed E-state index contributed by atoms with van der Waals surface area (Å²) in [7, 11) is 3.87. The highest BCUT2D eigenvalue weighted by Gasteiger charge is 2.35. The van der Waals surface area contributed by atoms with Crippen LogP contribution in [0.4, 0.5) is 0 Å². The van der Waals surface area contributed by atoms with Crippen LogP contribution in [-0.2, 0) is 0 Å². The molecule has 3 unspecified atom stereocenters. The van der Waals surface area contributed by atoms with Crippen molar-refractivity contribution in [1.82, 2.24) is 0 Å². The van der Waals surface area contributed by atoms with Gasteiger partial charge in [-0.1, -0.05) is 12.2 Å². The number of hydrogen-bond acceptors (Lipinski definition) is 2. The van der Waals surface area contributed by atoms with Gasteiger partial charge in [-0.25, -0.2) is 0 Å². The molecule has 1 aliphatic heterocycles. The number of hydrogen-bond donors (Lipinski definition) is 1. The van der Waals surface area contributed by atoms with Crippen LogP contribution in [-0.4, -0.2) is 12.1 Å². The molecule has 1 heterocycles. The van der Waals surface area contributed by atoms with E-state index in [0.29, 0.717) is 12.1 Å². The summed E-state index contributed by atoms with van der Waals surface area (Å²) in [5.41, 5.74) is 1.32. The van der Waals surface area contributed by atoms with Gasteiger partial charge in [-0.3, -0.25) is 0 Å². The topological polar surface area (TPSA) is 29.2 Å². The van der Waals surface area contributed by atoms with Gasteiger partial charge >= 0.3 is 0 Å². The average Bonchev–Trinajstić information content (AvgIpc) is 2.32. The molecule has 0 aromatic carbocycles. The molecule has 2 rings (SSSR count). The third kappa shape index (κ3) is 1.09. The minimum Gasteiger partial charge on any atom is -0.315 e. The molecule has 0 spiro atoms. The molecule has 1 N–H and O–H groups in total. The first kappa shape index (κ1) is 6.98. The van der Waals surface area contributed by atoms with Gasteiger partial charge < -0.3 is 5.01 Å². The van der Waals surface area contributed by atoms with Gasteiger partial charge in [0.15, 0.2) is 0 Å². The van der Waals surface area contributed by atoms with Crippen molar-refractivity contribution >= 4 is 0 Å². The van der Waals surface area contributed by atoms with E-state index in [1.165, 1.54) is 5.57 Å². The molecular weight excluding hydrogens is 138 g/mol. The van der Waals surface area contributed by atoms with Gasteiger partial charge in [0.25, 0.3) is 0 Å². The Morgan fingerprint density at radius 3 is 3.27 bits per heavy atom. The lowest BCUT2D eigenvalue weighted by Gasteiger charge is -2.26. The molecule has 60 valence electrons. The van der Waals surface area contributed by atoms with Gasteiger partial charge in [-0.05, 0) is 18.1 Å². The number of nitrogens with one attached hydrogen (secondary N) is 1. The Bertz CT molecular complexity index is 209. The Kier molecular flexibility index (Phi) is 1.53. The molecule has 11 heavy (non-hydrogen) atoms. The number of fused-ring (bicyclic) bond motifs is 1. The largest absolute Gasteiger partial charge is 0.315 e. The summed E-state index contributed by atoms with van der Waals surface area (Å²) in [6.07, 6.45) is 3.30. The molecule has 0 bridgehead atoms. The predicted molar refractivity (Wildman–Crippen MR) is 41.7 cm³/mol. The third-order valence-electron chi connectivity index (χ3n) is 2.53. The number of rotatable bonds is 0. The van der Waals surface area contributed by atoms with Gasteiger partial charge in [0, 0.05) is 6.42 Å². The van der Waals surface area contributed by atoms with E-state index in [0.717, 1.165) is 24.3 Å². The fourth-order valence-corrected chi connectivity index (χ4v) is 1.82. The van der Waals surface area contributed by atoms with Crippen LogP contribution in [0, 0.1) is 7.05 Å². The van der Waals surface area contributed by atoms with E-state index in [1.807, 2.05) is 0 Å². The summed E-state index contributed by atoms with van der Waals surface area (Å²) >= 11 is 0. The second-order valence-corrected chi connectivity index (χ2v) is 3.37. The fraction of sp³-hybridized carbons (Fsp3) is 0.625. The molecule has 2 aliphatic rings. The maximum absolute atomic E-state index is 4.15. The lowest BCUT2D eigenvalue weighted by Crippen LogP contribution is -3.06. The molecule has 0 aromatic heterocycles. The molecule has 0 radical (unpaired) electrons. The van der Waals surface area contributed by atoms with Crippen LogP contribution in [0.3, 0.4) is 0 Å². The van der Waals surface area contributed by atoms with Crippen molar-refractivity contribution in [2.45, 2.75) is 31.3 Å². The van der Waals surface area contributed by atoms with E-state index >= 15 is 0 Å². The van der Waals surface area contributed by atoms with Gasteiger partial charge in [-0.15, -0.1) is 12.2 Å². The zero-order valence-corrected chi connectivity index (χ0v) is 6.58. The van der Waals surface area contributed by atoms with E-state index in [4.69, 9.17) is 0 Å². The van der Waals surface area contributed by atoms with Crippen molar-refractivity contribution in [1.29, 1.82) is 0 Å². The summed E-state index contributed by atoms with van der Waals surface area (Å²) in [5.74, 6) is 0. The first-order valence-electron chi connectivity index (χ1n) is 4.03. The standard InChI is InChI=1S/C8H13N3/c1-6-3-4-8-7(5-6)9-10-11(8)2/h7-8,11H,1-5H2. The normalized spacial score (nSPS) is 42.6. The molecular formula is C8H13N3. The van der Waals surface area contributed by atoms with Crippen LogP contribution < -0.4 is 5.01 Å². The third-order valence-corrected chi connectivity index (χ3v) is 2.53. The van der Waals surface area contributed by atoms with E-state index in [2.05, 4.69) is 24.0 Å². The second-order valence-electron chi connectivity index (χ2n) is 3.37. The smallest absolute Gasteiger partial charge is 0.131 e. The summed E-state index contributed by atoms with van der Waals surface area (Å²) in [6.45, 7) is 3.97. The summed E-state index contributed by atoms with van der Waals surface area (Å²) < 4.78 is 0. The zero-order chi connectivity index (χ0) is 7.84. The molecule has 1 saturated carbocycles. The Balaban J connectivity index is 2.11. The molecule has 3 heteroatoms. The first-order chi connectivity index (χ1) is 5.27. The Morgan fingerprint density at radius 1 is 1.64 bits per heavy atom. The summed E-state index contributed by atoms with van der Waals surface area (Å²) in [5, 5.41) is 9.13. The molecule has 3 atom stereocenters. The van der Waals surface area contributed by atoms with E-state index < -0.39 is 0 Å². The van der Waals surface area contributed by atoms with Gasteiger partial charge in [0.1, 0.15) is 12.1 Å². The lowest BCUT2D eigenvalue weighted by molar-refractivity contribution is -0.883. The number of nitrogens with zero attached hydrogens (tertiary/aromatic N) is 2. The minimum absolute atomic E-state index is 0.378. The van der Waals surface area contributed by atoms with Crippen LogP contribution in [0.5, 0.6) is 0 Å². The quantitative estimate of drug-likeness (QED) is 0.386. The van der Waals surface area contributed by atoms with Crippen LogP contribution in [0.25, 0.3) is 0 Å². The highest BCUT2D eigenvalue weighted by molar-refractivity contribution is 5.04. The fourth-order valence-electron chi connectivity index (χ4n) is 1.82. The maximum atomic E-state index is 4.15. The lowest BCUT2D eigenvalue weighted by atomic mass is 9.88. The summed E-state index contributed by atoms with van der Waals surface area (Å²) in [6, 6.07) is 0.907. The highest BCUT2D eigenvalue weighted by Crippen LogP contribution is 2.25. The van der Waals surface area contributed by atoms with Crippen molar-refractivity contribution in [2.75, 3.05) is 0 Å². The van der Waals surface area contributed by atoms with Crippen molar-refractivity contribution in [3.8, 4) is 0 Å². The molecule has 1 fully saturated rings. The van der Waals surface area contributed by atoms with E-state index in [9.17, 15) is 0 Å². The SMILES string of the molecule is C=C1CCC2C(C1)N=N[NH+]2[CH2-]. The average molecular weight is 151 g/mol. The van der Waals surface area contributed by atoms with Gasteiger partial charge in [0.2, 0.25) is 0 Å². The van der Waals surface area contributed by atoms with Crippen molar-refractivity contribution in [3.05, 3.63) is 19.2 Å². The van der Waals surface area contributed by atoms with Crippen molar-refractivity contribution in [3.63, 3.8) is 0 Å². The van der Waals surface area contributed by atoms with E-state index in [1.54, 1.807) is 0 Å². The van der Waals surface area contributed by atoms with Crippen LogP contribution >= 0.6 is 0 Å². The predicted octanol–water partition coefficient (Wildman–Crippen LogP) is 0.521. The molecule has 1 aliphatic carbocycles. The summed E-state index contributed by atoms with van der Waals surface area (Å²) in [4.78, 5) is 0. The van der Waals surface area contributed by atoms with Crippen LogP contribution in [0.15, 0.2) is 22.5 Å². The van der Waals surface area contributed by atoms with Crippen molar-refractivity contribution in [2.24, 2.45) is 10.3 Å². The first-order valence-corrected chi connectivity index (χ1v) is 4.03. The minimum atomic E-state index is 0.378. The van der Waals surface area contributed by atoms with Crippen molar-refractivity contribution < 1.29 is 5.01 Å². The Morgan fingerprint density at radius 2 is 2.45 bits per heavy atom. The second kappa shape index (κ2) is 2.41. The number of quaternary nitrogens is 1. The monoisotopic (exact) mass is 151 g/mol. The molecule has 3 nitrogen and oxygen atoms in total. The Hall–Kier alpha value is -0.700. The van der Waals surface area contributed by atoms with Crippen LogP contribution in [0.1, 0.15) is 19.3 Å². The van der Waals surface area contributed by atoms with Gasteiger partial charge in [0.05, 0.1) is 0 Å². The van der Waals surface area contributed by atoms with Crippen LogP contribution in [0.2, 0.25) is 0 Å². The Labute approximate surface area is 66.8 Å². The van der Waals surface area contributed by atoms with Gasteiger partial charge in [-0.2, -0.15) is 0 Å². The molecule has 0 saturated heterocycles. The zero-order valence-electron chi connectivity index (χ0n) is 6.58. The molecule has 0 aromatic rings. The molecule has 0 amide bonds. The highest BCUT2D eigenvalue weighted by atomic mass is 15.6. The van der Waals surface area contributed by atoms with E-state index in [-0.39, 0.29) is 0 Å².